The predicted octanol–water partition coefficient (Wildman–Crippen LogP) is 3.70. The lowest BCUT2D eigenvalue weighted by atomic mass is 10.0. The topological polar surface area (TPSA) is 100 Å². The van der Waals surface area contributed by atoms with Gasteiger partial charge in [0.25, 0.3) is 0 Å². The van der Waals surface area contributed by atoms with Crippen molar-refractivity contribution < 1.29 is 18.6 Å². The molecule has 5 rings (SSSR count). The Morgan fingerprint density at radius 2 is 2.13 bits per heavy atom. The second-order valence-corrected chi connectivity index (χ2v) is 7.10. The van der Waals surface area contributed by atoms with Crippen LogP contribution in [0, 0.1) is 0 Å². The van der Waals surface area contributed by atoms with Gasteiger partial charge < -0.3 is 15.2 Å². The molecule has 0 bridgehead atoms. The molecular weight excluding hydrogens is 394 g/mol. The third-order valence-electron chi connectivity index (χ3n) is 5.07. The van der Waals surface area contributed by atoms with Gasteiger partial charge in [0.2, 0.25) is 0 Å². The summed E-state index contributed by atoms with van der Waals surface area (Å²) in [5.41, 5.74) is 3.35. The standard InChI is InChI=1S/C20H18F2N6O2/c21-20(22)30-16-5-4-12(11-2-3-11)8-13(16)17-15(10-24-27-17)26-19(29)14-9-25-28-7-1-6-23-18(14)28/h1,4-11,19-20,26,29H,2-3H2,(H,24,27). The van der Waals surface area contributed by atoms with Crippen molar-refractivity contribution in [3.05, 3.63) is 60.2 Å². The molecule has 1 unspecified atom stereocenters. The number of ether oxygens (including phenoxy) is 1. The molecule has 3 heterocycles. The summed E-state index contributed by atoms with van der Waals surface area (Å²) in [6, 6.07) is 6.92. The van der Waals surface area contributed by atoms with Crippen LogP contribution in [0.1, 0.15) is 36.1 Å². The Morgan fingerprint density at radius 1 is 1.27 bits per heavy atom. The highest BCUT2D eigenvalue weighted by Gasteiger charge is 2.26. The fourth-order valence-corrected chi connectivity index (χ4v) is 3.48. The summed E-state index contributed by atoms with van der Waals surface area (Å²) in [6.45, 7) is -2.95. The number of H-pyrrole nitrogens is 1. The second kappa shape index (κ2) is 7.38. The molecule has 1 aliphatic carbocycles. The summed E-state index contributed by atoms with van der Waals surface area (Å²) in [6.07, 6.45) is 7.32. The molecule has 3 N–H and O–H groups in total. The zero-order chi connectivity index (χ0) is 20.7. The van der Waals surface area contributed by atoms with Gasteiger partial charge in [-0.05, 0) is 42.5 Å². The Kier molecular flexibility index (Phi) is 4.55. The van der Waals surface area contributed by atoms with Crippen molar-refractivity contribution in [3.63, 3.8) is 0 Å². The first kappa shape index (κ1) is 18.5. The SMILES string of the molecule is OC(Nc1cn[nH]c1-c1cc(C2CC2)ccc1OC(F)F)c1cnn2cccnc12. The number of anilines is 1. The van der Waals surface area contributed by atoms with E-state index < -0.39 is 12.8 Å². The number of benzene rings is 1. The molecule has 1 aromatic carbocycles. The lowest BCUT2D eigenvalue weighted by molar-refractivity contribution is -0.0494. The van der Waals surface area contributed by atoms with Gasteiger partial charge in [0.15, 0.2) is 11.9 Å². The molecule has 4 aromatic rings. The highest BCUT2D eigenvalue weighted by atomic mass is 19.3. The summed E-state index contributed by atoms with van der Waals surface area (Å²) >= 11 is 0. The van der Waals surface area contributed by atoms with Crippen LogP contribution in [-0.2, 0) is 0 Å². The first-order valence-corrected chi connectivity index (χ1v) is 9.45. The summed E-state index contributed by atoms with van der Waals surface area (Å²) < 4.78 is 32.1. The van der Waals surface area contributed by atoms with Crippen LogP contribution in [0.5, 0.6) is 5.75 Å². The third kappa shape index (κ3) is 3.45. The highest BCUT2D eigenvalue weighted by Crippen LogP contribution is 2.44. The minimum absolute atomic E-state index is 0.0360. The molecule has 1 fully saturated rings. The van der Waals surface area contributed by atoms with Gasteiger partial charge in [0, 0.05) is 18.0 Å². The first-order chi connectivity index (χ1) is 14.6. The lowest BCUT2D eigenvalue weighted by Crippen LogP contribution is -2.10. The van der Waals surface area contributed by atoms with E-state index in [1.54, 1.807) is 29.0 Å². The smallest absolute Gasteiger partial charge is 0.387 e. The largest absolute Gasteiger partial charge is 0.434 e. The van der Waals surface area contributed by atoms with E-state index in [9.17, 15) is 13.9 Å². The molecule has 8 nitrogen and oxygen atoms in total. The van der Waals surface area contributed by atoms with E-state index in [1.807, 2.05) is 12.1 Å². The molecule has 0 spiro atoms. The average molecular weight is 412 g/mol. The number of rotatable bonds is 7. The maximum absolute atomic E-state index is 12.9. The number of aliphatic hydroxyl groups excluding tert-OH is 1. The Bertz CT molecular complexity index is 1190. The van der Waals surface area contributed by atoms with Gasteiger partial charge in [-0.1, -0.05) is 6.07 Å². The molecule has 1 atom stereocenters. The van der Waals surface area contributed by atoms with Crippen LogP contribution in [0.3, 0.4) is 0 Å². The number of halogens is 2. The predicted molar refractivity (Wildman–Crippen MR) is 104 cm³/mol. The average Bonchev–Trinajstić information content (AvgIpc) is 3.33. The molecule has 0 aliphatic heterocycles. The molecule has 0 saturated heterocycles. The Morgan fingerprint density at radius 3 is 2.93 bits per heavy atom. The number of nitrogens with one attached hydrogen (secondary N) is 2. The Balaban J connectivity index is 1.49. The Hall–Kier alpha value is -3.53. The highest BCUT2D eigenvalue weighted by molar-refractivity contribution is 5.79. The number of aromatic nitrogens is 5. The van der Waals surface area contributed by atoms with Crippen LogP contribution in [-0.4, -0.2) is 36.5 Å². The van der Waals surface area contributed by atoms with Crippen molar-refractivity contribution in [1.29, 1.82) is 0 Å². The lowest BCUT2D eigenvalue weighted by Gasteiger charge is -2.16. The first-order valence-electron chi connectivity index (χ1n) is 9.45. The second-order valence-electron chi connectivity index (χ2n) is 7.10. The van der Waals surface area contributed by atoms with Crippen LogP contribution in [0.4, 0.5) is 14.5 Å². The number of alkyl halides is 2. The Labute approximate surface area is 169 Å². The quantitative estimate of drug-likeness (QED) is 0.400. The van der Waals surface area contributed by atoms with Crippen molar-refractivity contribution in [1.82, 2.24) is 24.8 Å². The summed E-state index contributed by atoms with van der Waals surface area (Å²) in [5.74, 6) is 0.466. The fourth-order valence-electron chi connectivity index (χ4n) is 3.48. The number of hydrogen-bond donors (Lipinski definition) is 3. The van der Waals surface area contributed by atoms with Crippen molar-refractivity contribution >= 4 is 11.3 Å². The third-order valence-corrected chi connectivity index (χ3v) is 5.07. The van der Waals surface area contributed by atoms with Gasteiger partial charge >= 0.3 is 6.61 Å². The molecule has 10 heteroatoms. The number of nitrogens with zero attached hydrogens (tertiary/aromatic N) is 4. The van der Waals surface area contributed by atoms with E-state index in [0.29, 0.717) is 34.1 Å². The van der Waals surface area contributed by atoms with Crippen molar-refractivity contribution in [3.8, 4) is 17.0 Å². The van der Waals surface area contributed by atoms with Gasteiger partial charge in [0.05, 0.1) is 29.3 Å². The fraction of sp³-hybridized carbons (Fsp3) is 0.250. The molecule has 1 saturated carbocycles. The van der Waals surface area contributed by atoms with Crippen LogP contribution < -0.4 is 10.1 Å². The summed E-state index contributed by atoms with van der Waals surface area (Å²) in [4.78, 5) is 4.23. The molecule has 1 aliphatic rings. The van der Waals surface area contributed by atoms with E-state index in [0.717, 1.165) is 18.4 Å². The van der Waals surface area contributed by atoms with Gasteiger partial charge in [0.1, 0.15) is 5.75 Å². The minimum atomic E-state index is -2.95. The normalized spacial score (nSPS) is 14.9. The number of fused-ring (bicyclic) bond motifs is 1. The maximum Gasteiger partial charge on any atom is 0.387 e. The van der Waals surface area contributed by atoms with Crippen LogP contribution >= 0.6 is 0 Å². The van der Waals surface area contributed by atoms with E-state index in [2.05, 4.69) is 25.6 Å². The van der Waals surface area contributed by atoms with Crippen LogP contribution in [0.15, 0.2) is 49.1 Å². The molecule has 0 amide bonds. The van der Waals surface area contributed by atoms with Gasteiger partial charge in [-0.15, -0.1) is 0 Å². The maximum atomic E-state index is 12.9. The van der Waals surface area contributed by atoms with Gasteiger partial charge in [-0.3, -0.25) is 5.10 Å². The zero-order valence-electron chi connectivity index (χ0n) is 15.7. The van der Waals surface area contributed by atoms with E-state index in [4.69, 9.17) is 4.74 Å². The van der Waals surface area contributed by atoms with Crippen molar-refractivity contribution in [2.24, 2.45) is 0 Å². The number of hydrogen-bond acceptors (Lipinski definition) is 6. The van der Waals surface area contributed by atoms with Gasteiger partial charge in [-0.25, -0.2) is 9.50 Å². The molecule has 154 valence electrons. The van der Waals surface area contributed by atoms with Crippen LogP contribution in [0.25, 0.3) is 16.9 Å². The van der Waals surface area contributed by atoms with E-state index >= 15 is 0 Å². The van der Waals surface area contributed by atoms with E-state index in [1.165, 1.54) is 12.4 Å². The van der Waals surface area contributed by atoms with Crippen molar-refractivity contribution in [2.75, 3.05) is 5.32 Å². The molecular formula is C20H18F2N6O2. The number of aromatic amines is 1. The van der Waals surface area contributed by atoms with Gasteiger partial charge in [-0.2, -0.15) is 19.0 Å². The molecule has 3 aromatic heterocycles. The summed E-state index contributed by atoms with van der Waals surface area (Å²) in [7, 11) is 0. The molecule has 30 heavy (non-hydrogen) atoms. The van der Waals surface area contributed by atoms with Crippen LogP contribution in [0.2, 0.25) is 0 Å². The number of aliphatic hydroxyl groups is 1. The van der Waals surface area contributed by atoms with Crippen molar-refractivity contribution in [2.45, 2.75) is 31.6 Å². The summed E-state index contributed by atoms with van der Waals surface area (Å²) in [5, 5.41) is 24.7. The molecule has 0 radical (unpaired) electrons. The zero-order valence-corrected chi connectivity index (χ0v) is 15.7. The minimum Gasteiger partial charge on any atom is -0.434 e. The monoisotopic (exact) mass is 412 g/mol. The van der Waals surface area contributed by atoms with E-state index in [-0.39, 0.29) is 5.75 Å².